The number of hydrogen-bond donors (Lipinski definition) is 2. The van der Waals surface area contributed by atoms with Crippen LogP contribution < -0.4 is 14.8 Å². The predicted octanol–water partition coefficient (Wildman–Crippen LogP) is 2.73. The van der Waals surface area contributed by atoms with E-state index in [0.717, 1.165) is 49.4 Å². The van der Waals surface area contributed by atoms with Crippen LogP contribution in [-0.2, 0) is 6.54 Å². The number of aliphatic hydroxyl groups is 1. The summed E-state index contributed by atoms with van der Waals surface area (Å²) in [4.78, 5) is 0. The normalized spacial score (nSPS) is 25.6. The fourth-order valence-electron chi connectivity index (χ4n) is 3.05. The summed E-state index contributed by atoms with van der Waals surface area (Å²) in [5.74, 6) is 1.60. The lowest BCUT2D eigenvalue weighted by atomic mass is 9.73. The Morgan fingerprint density at radius 3 is 2.43 bits per heavy atom. The van der Waals surface area contributed by atoms with E-state index in [9.17, 15) is 5.11 Å². The van der Waals surface area contributed by atoms with Crippen molar-refractivity contribution in [3.8, 4) is 11.5 Å². The molecule has 2 unspecified atom stereocenters. The largest absolute Gasteiger partial charge is 0.497 e. The Hall–Kier alpha value is -1.26. The van der Waals surface area contributed by atoms with Gasteiger partial charge in [-0.25, -0.2) is 0 Å². The molecule has 0 saturated heterocycles. The van der Waals surface area contributed by atoms with Gasteiger partial charge in [0.2, 0.25) is 0 Å². The minimum atomic E-state index is -0.196. The van der Waals surface area contributed by atoms with Gasteiger partial charge < -0.3 is 19.9 Å². The van der Waals surface area contributed by atoms with Crippen molar-refractivity contribution >= 4 is 0 Å². The third-order valence-electron chi connectivity index (χ3n) is 4.55. The first-order valence-corrected chi connectivity index (χ1v) is 7.68. The molecule has 0 amide bonds. The highest BCUT2D eigenvalue weighted by Gasteiger charge is 2.34. The number of rotatable bonds is 6. The first-order valence-electron chi connectivity index (χ1n) is 7.68. The van der Waals surface area contributed by atoms with Crippen LogP contribution in [0.3, 0.4) is 0 Å². The van der Waals surface area contributed by atoms with Gasteiger partial charge in [-0.3, -0.25) is 0 Å². The zero-order valence-corrected chi connectivity index (χ0v) is 13.3. The minimum absolute atomic E-state index is 0.0127. The maximum Gasteiger partial charge on any atom is 0.122 e. The average Bonchev–Trinajstić information content (AvgIpc) is 2.50. The molecule has 0 aliphatic heterocycles. The summed E-state index contributed by atoms with van der Waals surface area (Å²) in [5, 5.41) is 13.7. The second-order valence-electron chi connectivity index (χ2n) is 6.24. The topological polar surface area (TPSA) is 50.7 Å². The molecule has 0 heterocycles. The van der Waals surface area contributed by atoms with Crippen LogP contribution in [0.4, 0.5) is 0 Å². The molecule has 4 heteroatoms. The van der Waals surface area contributed by atoms with Crippen LogP contribution in [0.1, 0.15) is 38.2 Å². The predicted molar refractivity (Wildman–Crippen MR) is 83.8 cm³/mol. The molecular weight excluding hydrogens is 266 g/mol. The molecule has 1 aromatic carbocycles. The summed E-state index contributed by atoms with van der Waals surface area (Å²) in [6, 6.07) is 5.89. The Bertz CT molecular complexity index is 441. The van der Waals surface area contributed by atoms with Crippen LogP contribution >= 0.6 is 0 Å². The van der Waals surface area contributed by atoms with Gasteiger partial charge in [0.05, 0.1) is 20.3 Å². The van der Waals surface area contributed by atoms with Crippen LogP contribution in [0.15, 0.2) is 18.2 Å². The maximum absolute atomic E-state index is 10.2. The first kappa shape index (κ1) is 16.1. The zero-order chi connectivity index (χ0) is 15.3. The third-order valence-corrected chi connectivity index (χ3v) is 4.55. The van der Waals surface area contributed by atoms with E-state index >= 15 is 0 Å². The molecule has 2 rings (SSSR count). The smallest absolute Gasteiger partial charge is 0.122 e. The molecule has 0 aromatic heterocycles. The van der Waals surface area contributed by atoms with E-state index in [0.29, 0.717) is 0 Å². The highest BCUT2D eigenvalue weighted by molar-refractivity contribution is 5.38. The van der Waals surface area contributed by atoms with Gasteiger partial charge in [-0.2, -0.15) is 0 Å². The highest BCUT2D eigenvalue weighted by atomic mass is 16.5. The third kappa shape index (κ3) is 4.11. The quantitative estimate of drug-likeness (QED) is 0.847. The number of ether oxygens (including phenoxy) is 2. The monoisotopic (exact) mass is 293 g/mol. The molecule has 0 spiro atoms. The van der Waals surface area contributed by atoms with Gasteiger partial charge in [0.1, 0.15) is 11.5 Å². The van der Waals surface area contributed by atoms with Gasteiger partial charge in [-0.05, 0) is 30.5 Å². The lowest BCUT2D eigenvalue weighted by Gasteiger charge is -2.38. The molecular formula is C17H27NO3. The molecule has 1 aromatic rings. The van der Waals surface area contributed by atoms with E-state index in [1.165, 1.54) is 6.42 Å². The Morgan fingerprint density at radius 1 is 1.19 bits per heavy atom. The summed E-state index contributed by atoms with van der Waals surface area (Å²) in [5.41, 5.74) is 1.11. The van der Waals surface area contributed by atoms with E-state index in [1.807, 2.05) is 18.2 Å². The molecule has 1 saturated carbocycles. The fraction of sp³-hybridized carbons (Fsp3) is 0.647. The first-order chi connectivity index (χ1) is 10.1. The summed E-state index contributed by atoms with van der Waals surface area (Å²) in [6.45, 7) is 3.75. The summed E-state index contributed by atoms with van der Waals surface area (Å²) in [6.07, 6.45) is 4.17. The van der Waals surface area contributed by atoms with Crippen molar-refractivity contribution < 1.29 is 14.6 Å². The van der Waals surface area contributed by atoms with Crippen LogP contribution in [0.5, 0.6) is 11.5 Å². The highest BCUT2D eigenvalue weighted by Crippen LogP contribution is 2.35. The molecule has 118 valence electrons. The molecule has 0 bridgehead atoms. The second-order valence-corrected chi connectivity index (χ2v) is 6.24. The van der Waals surface area contributed by atoms with Gasteiger partial charge in [-0.1, -0.05) is 19.8 Å². The number of nitrogens with one attached hydrogen (secondary N) is 1. The lowest BCUT2D eigenvalue weighted by Crippen LogP contribution is -2.43. The Balaban J connectivity index is 1.93. The van der Waals surface area contributed by atoms with Crippen molar-refractivity contribution in [1.29, 1.82) is 0 Å². The van der Waals surface area contributed by atoms with Gasteiger partial charge in [0.15, 0.2) is 0 Å². The number of aliphatic hydroxyl groups excluding tert-OH is 1. The lowest BCUT2D eigenvalue weighted by molar-refractivity contribution is 0.00115. The molecule has 1 aliphatic rings. The van der Waals surface area contributed by atoms with Crippen LogP contribution in [0.25, 0.3) is 0 Å². The van der Waals surface area contributed by atoms with Crippen LogP contribution in [0, 0.1) is 5.41 Å². The second kappa shape index (κ2) is 7.14. The molecule has 1 aliphatic carbocycles. The van der Waals surface area contributed by atoms with Crippen molar-refractivity contribution in [2.75, 3.05) is 20.8 Å². The molecule has 2 N–H and O–H groups in total. The summed E-state index contributed by atoms with van der Waals surface area (Å²) < 4.78 is 10.6. The van der Waals surface area contributed by atoms with Crippen molar-refractivity contribution in [2.45, 2.75) is 45.3 Å². The van der Waals surface area contributed by atoms with E-state index in [-0.39, 0.29) is 11.5 Å². The molecule has 1 fully saturated rings. The summed E-state index contributed by atoms with van der Waals surface area (Å²) in [7, 11) is 3.32. The van der Waals surface area contributed by atoms with Crippen molar-refractivity contribution in [1.82, 2.24) is 5.32 Å². The van der Waals surface area contributed by atoms with E-state index in [1.54, 1.807) is 14.2 Å². The average molecular weight is 293 g/mol. The molecule has 2 atom stereocenters. The standard InChI is InChI=1S/C17H27NO3/c1-17(7-5-4-6-16(17)19)12-18-11-13-8-14(20-2)10-15(9-13)21-3/h8-10,16,18-19H,4-7,11-12H2,1-3H3. The Kier molecular flexibility index (Phi) is 5.48. The number of benzene rings is 1. The van der Waals surface area contributed by atoms with Gasteiger partial charge >= 0.3 is 0 Å². The van der Waals surface area contributed by atoms with Gasteiger partial charge in [0, 0.05) is 24.6 Å². The molecule has 4 nitrogen and oxygen atoms in total. The SMILES string of the molecule is COc1cc(CNCC2(C)CCCCC2O)cc(OC)c1. The molecule has 0 radical (unpaired) electrons. The maximum atomic E-state index is 10.2. The fourth-order valence-corrected chi connectivity index (χ4v) is 3.05. The van der Waals surface area contributed by atoms with Crippen molar-refractivity contribution in [3.05, 3.63) is 23.8 Å². The van der Waals surface area contributed by atoms with Crippen LogP contribution in [-0.4, -0.2) is 32.0 Å². The Morgan fingerprint density at radius 2 is 1.86 bits per heavy atom. The minimum Gasteiger partial charge on any atom is -0.497 e. The van der Waals surface area contributed by atoms with Gasteiger partial charge in [-0.15, -0.1) is 0 Å². The van der Waals surface area contributed by atoms with Crippen molar-refractivity contribution in [3.63, 3.8) is 0 Å². The van der Waals surface area contributed by atoms with Crippen molar-refractivity contribution in [2.24, 2.45) is 5.41 Å². The Labute approximate surface area is 127 Å². The van der Waals surface area contributed by atoms with Gasteiger partial charge in [0.25, 0.3) is 0 Å². The number of hydrogen-bond acceptors (Lipinski definition) is 4. The van der Waals surface area contributed by atoms with E-state index in [2.05, 4.69) is 12.2 Å². The van der Waals surface area contributed by atoms with E-state index < -0.39 is 0 Å². The number of methoxy groups -OCH3 is 2. The zero-order valence-electron chi connectivity index (χ0n) is 13.3. The van der Waals surface area contributed by atoms with E-state index in [4.69, 9.17) is 9.47 Å². The van der Waals surface area contributed by atoms with Crippen LogP contribution in [0.2, 0.25) is 0 Å². The summed E-state index contributed by atoms with van der Waals surface area (Å²) >= 11 is 0. The molecule has 21 heavy (non-hydrogen) atoms.